The minimum absolute atomic E-state index is 0.191. The van der Waals surface area contributed by atoms with Gasteiger partial charge in [-0.05, 0) is 77.2 Å². The second-order valence-corrected chi connectivity index (χ2v) is 9.68. The minimum Gasteiger partial charge on any atom is -0.310 e. The van der Waals surface area contributed by atoms with Crippen LogP contribution in [0.15, 0.2) is 182 Å². The molecule has 208 valence electrons. The lowest BCUT2D eigenvalue weighted by atomic mass is 10.0. The van der Waals surface area contributed by atoms with Gasteiger partial charge in [-0.3, -0.25) is 0 Å². The fourth-order valence-corrected chi connectivity index (χ4v) is 5.27. The molecule has 0 aliphatic rings. The van der Waals surface area contributed by atoms with Crippen molar-refractivity contribution in [3.05, 3.63) is 182 Å². The number of fused-ring (bicyclic) bond motifs is 3. The van der Waals surface area contributed by atoms with Gasteiger partial charge in [-0.25, -0.2) is 0 Å². The zero-order valence-electron chi connectivity index (χ0n) is 40.8. The Balaban J connectivity index is 1.50. The summed E-state index contributed by atoms with van der Waals surface area (Å²) in [4.78, 5) is 0.579. The van der Waals surface area contributed by atoms with Gasteiger partial charge < -0.3 is 9.47 Å². The fraction of sp³-hybridized carbons (Fsp3) is 0. The van der Waals surface area contributed by atoms with E-state index in [1.165, 1.54) is 0 Å². The van der Waals surface area contributed by atoms with Crippen LogP contribution in [0.5, 0.6) is 0 Å². The third-order valence-corrected chi connectivity index (χ3v) is 7.16. The van der Waals surface area contributed by atoms with Gasteiger partial charge in [0.2, 0.25) is 0 Å². The summed E-state index contributed by atoms with van der Waals surface area (Å²) < 4.78 is 161. The van der Waals surface area contributed by atoms with Gasteiger partial charge in [0, 0.05) is 33.4 Å². The number of aromatic nitrogens is 1. The highest BCUT2D eigenvalue weighted by molar-refractivity contribution is 6.10. The molecule has 0 radical (unpaired) electrons. The molecule has 0 N–H and O–H groups in total. The van der Waals surface area contributed by atoms with Crippen molar-refractivity contribution in [1.29, 1.82) is 0 Å². The zero-order valence-corrected chi connectivity index (χ0v) is 22.8. The van der Waals surface area contributed by atoms with Crippen LogP contribution in [-0.2, 0) is 0 Å². The first kappa shape index (κ1) is 13.2. The normalized spacial score (nSPS) is 16.9. The predicted molar refractivity (Wildman–Crippen MR) is 186 cm³/mol. The molecule has 0 atom stereocenters. The summed E-state index contributed by atoms with van der Waals surface area (Å²) in [6.07, 6.45) is 0. The molecular weight excluding hydrogens is 532 g/mol. The van der Waals surface area contributed by atoms with Gasteiger partial charge in [0.25, 0.3) is 0 Å². The van der Waals surface area contributed by atoms with Crippen molar-refractivity contribution in [2.45, 2.75) is 0 Å². The van der Waals surface area contributed by atoms with E-state index in [0.29, 0.717) is 10.3 Å². The Morgan fingerprint density at radius 1 is 0.455 bits per heavy atom. The molecule has 0 unspecified atom stereocenters. The molecule has 0 spiro atoms. The van der Waals surface area contributed by atoms with Gasteiger partial charge in [0.15, 0.2) is 0 Å². The van der Waals surface area contributed by atoms with Crippen LogP contribution >= 0.6 is 0 Å². The highest BCUT2D eigenvalue weighted by Crippen LogP contribution is 2.41. The molecule has 1 aromatic heterocycles. The van der Waals surface area contributed by atoms with Gasteiger partial charge in [-0.2, -0.15) is 0 Å². The standard InChI is InChI=1S/C42H30N2/c1-4-14-32(15-5-1)37-20-10-12-22-40(37)43(34-16-6-2-7-17-34)36-27-24-31(25-28-36)33-26-29-42-39(30-33)38-21-11-13-23-41(38)44(42)35-18-8-3-9-19-35/h1-30H/i1D,2D,4D,5D,6D,7D,10D,12D,14D,15D,16D,17D,20D,22D,24D,25D,27D,28D. The lowest BCUT2D eigenvalue weighted by Crippen LogP contribution is -2.11. The number of hydrogen-bond acceptors (Lipinski definition) is 1. The second kappa shape index (κ2) is 11.1. The zero-order chi connectivity index (χ0) is 45.0. The smallest absolute Gasteiger partial charge is 0.0645 e. The van der Waals surface area contributed by atoms with Crippen molar-refractivity contribution in [2.75, 3.05) is 4.90 Å². The van der Waals surface area contributed by atoms with Crippen LogP contribution in [0.4, 0.5) is 17.1 Å². The van der Waals surface area contributed by atoms with Crippen LogP contribution in [0.1, 0.15) is 24.7 Å². The molecule has 0 saturated heterocycles. The molecule has 0 aliphatic heterocycles. The largest absolute Gasteiger partial charge is 0.310 e. The number of para-hydroxylation sites is 4. The maximum Gasteiger partial charge on any atom is 0.0645 e. The molecule has 2 nitrogen and oxygen atoms in total. The third-order valence-electron chi connectivity index (χ3n) is 7.16. The van der Waals surface area contributed by atoms with Gasteiger partial charge >= 0.3 is 0 Å². The second-order valence-electron chi connectivity index (χ2n) is 9.68. The number of anilines is 3. The lowest BCUT2D eigenvalue weighted by molar-refractivity contribution is 1.18. The van der Waals surface area contributed by atoms with E-state index in [4.69, 9.17) is 17.8 Å². The maximum absolute atomic E-state index is 9.49. The van der Waals surface area contributed by atoms with E-state index < -0.39 is 137 Å². The first-order valence-electron chi connectivity index (χ1n) is 22.6. The Kier molecular flexibility index (Phi) is 3.33. The summed E-state index contributed by atoms with van der Waals surface area (Å²) >= 11 is 0. The molecule has 0 aliphatic carbocycles. The van der Waals surface area contributed by atoms with Crippen LogP contribution in [0.2, 0.25) is 0 Å². The Hall–Kier alpha value is -5.86. The molecule has 44 heavy (non-hydrogen) atoms. The number of benzene rings is 7. The Bertz CT molecular complexity index is 3150. The highest BCUT2D eigenvalue weighted by Gasteiger charge is 2.17. The summed E-state index contributed by atoms with van der Waals surface area (Å²) in [7, 11) is 0. The Labute approximate surface area is 283 Å². The van der Waals surface area contributed by atoms with Crippen LogP contribution in [0.3, 0.4) is 0 Å². The quantitative estimate of drug-likeness (QED) is 0.190. The lowest BCUT2D eigenvalue weighted by Gasteiger charge is -2.28. The molecule has 8 rings (SSSR count). The fourth-order valence-electron chi connectivity index (χ4n) is 5.27. The average Bonchev–Trinajstić information content (AvgIpc) is 3.60. The first-order valence-corrected chi connectivity index (χ1v) is 13.6. The average molecular weight is 581 g/mol. The van der Waals surface area contributed by atoms with E-state index in [9.17, 15) is 6.85 Å². The molecule has 0 amide bonds. The molecular formula is C42H30N2. The van der Waals surface area contributed by atoms with Crippen molar-refractivity contribution in [1.82, 2.24) is 4.57 Å². The summed E-state index contributed by atoms with van der Waals surface area (Å²) in [6.45, 7) is 0. The van der Waals surface area contributed by atoms with Crippen LogP contribution < -0.4 is 4.90 Å². The van der Waals surface area contributed by atoms with E-state index in [2.05, 4.69) is 0 Å². The summed E-state index contributed by atoms with van der Waals surface area (Å²) in [5, 5.41) is 1.54. The SMILES string of the molecule is [2H]c1c([2H])c([2H])c(-c2c([2H])c([2H])c([2H])c([2H])c2N(c2c([2H])c([2H])c([2H])c([2H])c2[2H])c2c([2H])c([2H])c(-c3ccc4c(c3)c3ccccc3n4-c3ccccc3)c([2H])c2[2H])c([2H])c1[2H]. The van der Waals surface area contributed by atoms with Crippen LogP contribution in [-0.4, -0.2) is 4.57 Å². The van der Waals surface area contributed by atoms with Crippen molar-refractivity contribution >= 4 is 38.9 Å². The van der Waals surface area contributed by atoms with Gasteiger partial charge in [-0.1, -0.05) is 121 Å². The van der Waals surface area contributed by atoms with E-state index in [0.717, 1.165) is 22.1 Å². The van der Waals surface area contributed by atoms with Crippen molar-refractivity contribution in [3.63, 3.8) is 0 Å². The summed E-state index contributed by atoms with van der Waals surface area (Å²) in [5.41, 5.74) is -1.52. The minimum atomic E-state index is -1.01. The van der Waals surface area contributed by atoms with Gasteiger partial charge in [0.05, 0.1) is 41.4 Å². The Morgan fingerprint density at radius 2 is 1.09 bits per heavy atom. The highest BCUT2D eigenvalue weighted by atomic mass is 15.1. The number of rotatable bonds is 6. The van der Waals surface area contributed by atoms with E-state index in [1.54, 1.807) is 18.2 Å². The molecule has 0 bridgehead atoms. The molecule has 2 heteroatoms. The van der Waals surface area contributed by atoms with Gasteiger partial charge in [0.1, 0.15) is 0 Å². The molecule has 1 heterocycles. The van der Waals surface area contributed by atoms with Crippen molar-refractivity contribution in [3.8, 4) is 27.9 Å². The van der Waals surface area contributed by atoms with E-state index in [1.807, 2.05) is 59.2 Å². The molecule has 7 aromatic carbocycles. The van der Waals surface area contributed by atoms with Crippen LogP contribution in [0, 0.1) is 0 Å². The van der Waals surface area contributed by atoms with E-state index >= 15 is 0 Å². The number of hydrogen-bond donors (Lipinski definition) is 0. The monoisotopic (exact) mass is 580 g/mol. The summed E-state index contributed by atoms with van der Waals surface area (Å²) in [6, 6.07) is 6.29. The number of nitrogens with zero attached hydrogens (tertiary/aromatic N) is 2. The molecule has 8 aromatic rings. The maximum atomic E-state index is 9.49. The molecule has 0 saturated carbocycles. The topological polar surface area (TPSA) is 8.17 Å². The van der Waals surface area contributed by atoms with Crippen LogP contribution in [0.25, 0.3) is 49.7 Å². The first-order chi connectivity index (χ1) is 29.3. The van der Waals surface area contributed by atoms with Crippen molar-refractivity contribution in [2.24, 2.45) is 0 Å². The summed E-state index contributed by atoms with van der Waals surface area (Å²) in [5.74, 6) is 0. The van der Waals surface area contributed by atoms with Crippen molar-refractivity contribution < 1.29 is 24.7 Å². The third kappa shape index (κ3) is 4.54. The predicted octanol–water partition coefficient (Wildman–Crippen LogP) is 11.6. The Morgan fingerprint density at radius 3 is 1.89 bits per heavy atom. The van der Waals surface area contributed by atoms with Gasteiger partial charge in [-0.15, -0.1) is 0 Å². The van der Waals surface area contributed by atoms with E-state index in [-0.39, 0.29) is 11.1 Å². The molecule has 0 fully saturated rings.